The molecule has 0 atom stereocenters. The summed E-state index contributed by atoms with van der Waals surface area (Å²) in [7, 11) is 0. The summed E-state index contributed by atoms with van der Waals surface area (Å²) in [6, 6.07) is 5.15. The molecule has 0 fully saturated rings. The van der Waals surface area contributed by atoms with E-state index in [1.165, 1.54) is 6.33 Å². The maximum Gasteiger partial charge on any atom is 0.227 e. The monoisotopic (exact) mass is 283 g/mol. The van der Waals surface area contributed by atoms with Crippen molar-refractivity contribution in [2.75, 3.05) is 5.73 Å². The maximum atomic E-state index is 6.05. The van der Waals surface area contributed by atoms with Crippen molar-refractivity contribution in [2.24, 2.45) is 0 Å². The molecule has 0 saturated heterocycles. The van der Waals surface area contributed by atoms with Crippen LogP contribution < -0.4 is 10.5 Å². The smallest absolute Gasteiger partial charge is 0.227 e. The standard InChI is InChI=1S/C12H11Cl2N3O/c1-2-7-11(15)16-6-17-12(7)18-9-5-3-4-8(13)10(9)14/h3-6H,2H2,1H3,(H2,15,16,17). The Bertz CT molecular complexity index is 575. The molecule has 18 heavy (non-hydrogen) atoms. The van der Waals surface area contributed by atoms with Crippen LogP contribution in [0, 0.1) is 0 Å². The predicted molar refractivity (Wildman–Crippen MR) is 72.4 cm³/mol. The van der Waals surface area contributed by atoms with Crippen LogP contribution in [0.3, 0.4) is 0 Å². The third kappa shape index (κ3) is 2.49. The third-order valence-electron chi connectivity index (χ3n) is 2.42. The molecule has 0 aliphatic rings. The van der Waals surface area contributed by atoms with Crippen LogP contribution in [0.15, 0.2) is 24.5 Å². The van der Waals surface area contributed by atoms with E-state index in [2.05, 4.69) is 9.97 Å². The van der Waals surface area contributed by atoms with E-state index in [-0.39, 0.29) is 0 Å². The molecule has 1 heterocycles. The van der Waals surface area contributed by atoms with E-state index >= 15 is 0 Å². The number of nitrogens with two attached hydrogens (primary N) is 1. The van der Waals surface area contributed by atoms with Gasteiger partial charge in [-0.25, -0.2) is 9.97 Å². The third-order valence-corrected chi connectivity index (χ3v) is 3.22. The molecule has 0 radical (unpaired) electrons. The largest absolute Gasteiger partial charge is 0.437 e. The molecular weight excluding hydrogens is 273 g/mol. The van der Waals surface area contributed by atoms with Gasteiger partial charge >= 0.3 is 0 Å². The molecule has 0 aliphatic carbocycles. The van der Waals surface area contributed by atoms with Crippen molar-refractivity contribution in [3.63, 3.8) is 0 Å². The van der Waals surface area contributed by atoms with Gasteiger partial charge in [0.1, 0.15) is 22.9 Å². The van der Waals surface area contributed by atoms with Crippen molar-refractivity contribution in [1.29, 1.82) is 0 Å². The van der Waals surface area contributed by atoms with Crippen LogP contribution in [0.4, 0.5) is 5.82 Å². The number of hydrogen-bond acceptors (Lipinski definition) is 4. The first-order valence-electron chi connectivity index (χ1n) is 5.34. The van der Waals surface area contributed by atoms with E-state index < -0.39 is 0 Å². The van der Waals surface area contributed by atoms with Crippen LogP contribution in [0.1, 0.15) is 12.5 Å². The van der Waals surface area contributed by atoms with Gasteiger partial charge in [-0.3, -0.25) is 0 Å². The molecule has 1 aromatic carbocycles. The Hall–Kier alpha value is -1.52. The molecule has 1 aromatic heterocycles. The number of nitrogens with zero attached hydrogens (tertiary/aromatic N) is 2. The molecule has 0 amide bonds. The summed E-state index contributed by atoms with van der Waals surface area (Å²) in [4.78, 5) is 7.98. The molecule has 0 bridgehead atoms. The number of rotatable bonds is 3. The quantitative estimate of drug-likeness (QED) is 0.933. The first-order chi connectivity index (χ1) is 8.63. The molecular formula is C12H11Cl2N3O. The number of ether oxygens (including phenoxy) is 1. The molecule has 6 heteroatoms. The minimum absolute atomic E-state index is 0.346. The van der Waals surface area contributed by atoms with Crippen LogP contribution in [0.2, 0.25) is 10.0 Å². The second kappa shape index (κ2) is 5.42. The topological polar surface area (TPSA) is 61.0 Å². The Morgan fingerprint density at radius 3 is 2.78 bits per heavy atom. The van der Waals surface area contributed by atoms with E-state index in [4.69, 9.17) is 33.7 Å². The molecule has 0 spiro atoms. The van der Waals surface area contributed by atoms with Crippen molar-refractivity contribution in [3.8, 4) is 11.6 Å². The molecule has 0 saturated carbocycles. The number of hydrogen-bond donors (Lipinski definition) is 1. The lowest BCUT2D eigenvalue weighted by molar-refractivity contribution is 0.456. The van der Waals surface area contributed by atoms with Gasteiger partial charge in [0.05, 0.1) is 10.6 Å². The molecule has 0 unspecified atom stereocenters. The minimum Gasteiger partial charge on any atom is -0.437 e. The van der Waals surface area contributed by atoms with Gasteiger partial charge in [-0.2, -0.15) is 0 Å². The molecule has 2 aromatic rings. The van der Waals surface area contributed by atoms with Gasteiger partial charge in [-0.1, -0.05) is 36.2 Å². The van der Waals surface area contributed by atoms with Gasteiger partial charge in [0.15, 0.2) is 0 Å². The van der Waals surface area contributed by atoms with Gasteiger partial charge in [0, 0.05) is 0 Å². The lowest BCUT2D eigenvalue weighted by Crippen LogP contribution is -2.01. The average molecular weight is 284 g/mol. The van der Waals surface area contributed by atoms with Gasteiger partial charge in [-0.05, 0) is 18.6 Å². The molecule has 94 valence electrons. The van der Waals surface area contributed by atoms with Crippen LogP contribution in [0.25, 0.3) is 0 Å². The summed E-state index contributed by atoms with van der Waals surface area (Å²) in [5.41, 5.74) is 6.51. The second-order valence-corrected chi connectivity index (χ2v) is 4.34. The Balaban J connectivity index is 2.40. The van der Waals surface area contributed by atoms with Crippen LogP contribution in [-0.2, 0) is 6.42 Å². The minimum atomic E-state index is 0.346. The molecule has 0 aliphatic heterocycles. The summed E-state index contributed by atoms with van der Waals surface area (Å²) in [5.74, 6) is 1.24. The van der Waals surface area contributed by atoms with Crippen molar-refractivity contribution in [1.82, 2.24) is 9.97 Å². The number of benzene rings is 1. The highest BCUT2D eigenvalue weighted by Gasteiger charge is 2.12. The van der Waals surface area contributed by atoms with E-state index in [9.17, 15) is 0 Å². The van der Waals surface area contributed by atoms with E-state index in [0.29, 0.717) is 33.9 Å². The lowest BCUT2D eigenvalue weighted by atomic mass is 10.2. The first-order valence-corrected chi connectivity index (χ1v) is 6.10. The van der Waals surface area contributed by atoms with Gasteiger partial charge in [0.25, 0.3) is 0 Å². The van der Waals surface area contributed by atoms with Gasteiger partial charge in [-0.15, -0.1) is 0 Å². The Labute approximate surface area is 115 Å². The first kappa shape index (κ1) is 12.9. The van der Waals surface area contributed by atoms with Gasteiger partial charge < -0.3 is 10.5 Å². The predicted octanol–water partition coefficient (Wildman–Crippen LogP) is 3.72. The maximum absolute atomic E-state index is 6.05. The summed E-state index contributed by atoms with van der Waals surface area (Å²) in [6.07, 6.45) is 2.02. The van der Waals surface area contributed by atoms with E-state index in [1.807, 2.05) is 6.92 Å². The Kier molecular flexibility index (Phi) is 3.89. The number of nitrogen functional groups attached to an aromatic ring is 1. The van der Waals surface area contributed by atoms with Crippen molar-refractivity contribution >= 4 is 29.0 Å². The second-order valence-electron chi connectivity index (χ2n) is 3.55. The van der Waals surface area contributed by atoms with Crippen molar-refractivity contribution in [2.45, 2.75) is 13.3 Å². The fourth-order valence-electron chi connectivity index (χ4n) is 1.50. The normalized spacial score (nSPS) is 10.4. The summed E-state index contributed by atoms with van der Waals surface area (Å²) in [6.45, 7) is 1.95. The molecule has 4 nitrogen and oxygen atoms in total. The summed E-state index contributed by atoms with van der Waals surface area (Å²) >= 11 is 12.0. The van der Waals surface area contributed by atoms with Crippen LogP contribution >= 0.6 is 23.2 Å². The molecule has 2 rings (SSSR count). The molecule has 2 N–H and O–H groups in total. The van der Waals surface area contributed by atoms with Crippen LogP contribution in [-0.4, -0.2) is 9.97 Å². The zero-order chi connectivity index (χ0) is 13.1. The highest BCUT2D eigenvalue weighted by molar-refractivity contribution is 6.42. The summed E-state index contributed by atoms with van der Waals surface area (Å²) in [5, 5.41) is 0.771. The Morgan fingerprint density at radius 1 is 1.28 bits per heavy atom. The van der Waals surface area contributed by atoms with E-state index in [0.717, 1.165) is 5.56 Å². The van der Waals surface area contributed by atoms with Crippen molar-refractivity contribution in [3.05, 3.63) is 40.1 Å². The average Bonchev–Trinajstić information content (AvgIpc) is 2.35. The fourth-order valence-corrected chi connectivity index (χ4v) is 1.83. The highest BCUT2D eigenvalue weighted by Crippen LogP contribution is 2.35. The van der Waals surface area contributed by atoms with E-state index in [1.54, 1.807) is 18.2 Å². The van der Waals surface area contributed by atoms with Crippen LogP contribution in [0.5, 0.6) is 11.6 Å². The number of aromatic nitrogens is 2. The summed E-state index contributed by atoms with van der Waals surface area (Å²) < 4.78 is 5.65. The zero-order valence-electron chi connectivity index (χ0n) is 9.65. The fraction of sp³-hybridized carbons (Fsp3) is 0.167. The SMILES string of the molecule is CCc1c(N)ncnc1Oc1cccc(Cl)c1Cl. The van der Waals surface area contributed by atoms with Gasteiger partial charge in [0.2, 0.25) is 5.88 Å². The Morgan fingerprint density at radius 2 is 2.06 bits per heavy atom. The lowest BCUT2D eigenvalue weighted by Gasteiger charge is -2.11. The van der Waals surface area contributed by atoms with Crippen molar-refractivity contribution < 1.29 is 4.74 Å². The highest BCUT2D eigenvalue weighted by atomic mass is 35.5. The number of halogens is 2. The zero-order valence-corrected chi connectivity index (χ0v) is 11.2. The number of anilines is 1.